The number of rotatable bonds is 5. The summed E-state index contributed by atoms with van der Waals surface area (Å²) in [4.78, 5) is 11.6. The molecule has 0 amide bonds. The van der Waals surface area contributed by atoms with Crippen molar-refractivity contribution in [2.75, 3.05) is 0 Å². The summed E-state index contributed by atoms with van der Waals surface area (Å²) in [6.07, 6.45) is 2.01. The van der Waals surface area contributed by atoms with Gasteiger partial charge in [-0.3, -0.25) is 0 Å². The fourth-order valence-electron chi connectivity index (χ4n) is 2.01. The number of hydrogen-bond donors (Lipinski definition) is 0. The van der Waals surface area contributed by atoms with E-state index in [4.69, 9.17) is 21.6 Å². The van der Waals surface area contributed by atoms with Gasteiger partial charge in [-0.25, -0.2) is 9.48 Å². The number of ether oxygens (including phenoxy) is 1. The molecule has 1 aromatic heterocycles. The van der Waals surface area contributed by atoms with Gasteiger partial charge >= 0.3 is 5.97 Å². The van der Waals surface area contributed by atoms with Crippen LogP contribution in [0.5, 0.6) is 0 Å². The van der Waals surface area contributed by atoms with Crippen molar-refractivity contribution in [1.82, 2.24) is 9.78 Å². The first-order valence-electron chi connectivity index (χ1n) is 7.06. The first kappa shape index (κ1) is 16.8. The highest BCUT2D eigenvalue weighted by Crippen LogP contribution is 2.22. The van der Waals surface area contributed by atoms with Crippen molar-refractivity contribution < 1.29 is 9.53 Å². The lowest BCUT2D eigenvalue weighted by molar-refractivity contribution is -0.139. The number of nitriles is 1. The number of hydrogen-bond acceptors (Lipinski definition) is 4. The van der Waals surface area contributed by atoms with Crippen molar-refractivity contribution in [1.29, 1.82) is 5.26 Å². The molecule has 0 aliphatic carbocycles. The van der Waals surface area contributed by atoms with Crippen molar-refractivity contribution in [3.05, 3.63) is 58.4 Å². The van der Waals surface area contributed by atoms with Crippen molar-refractivity contribution in [3.63, 3.8) is 0 Å². The zero-order chi connectivity index (χ0) is 16.8. The molecule has 0 radical (unpaired) electrons. The van der Waals surface area contributed by atoms with Crippen LogP contribution in [0, 0.1) is 18.3 Å². The minimum absolute atomic E-state index is 0.448. The molecule has 0 bridgehead atoms. The quantitative estimate of drug-likeness (QED) is 0.623. The maximum absolute atomic E-state index is 11.6. The second-order valence-electron chi connectivity index (χ2n) is 4.97. The van der Waals surface area contributed by atoms with E-state index in [0.717, 1.165) is 5.56 Å². The van der Waals surface area contributed by atoms with Gasteiger partial charge in [-0.05, 0) is 25.5 Å². The maximum atomic E-state index is 11.6. The van der Waals surface area contributed by atoms with Crippen molar-refractivity contribution in [3.8, 4) is 6.07 Å². The molecule has 6 heteroatoms. The minimum atomic E-state index is -0.787. The highest BCUT2D eigenvalue weighted by atomic mass is 35.5. The number of esters is 1. The van der Waals surface area contributed by atoms with Gasteiger partial charge in [-0.2, -0.15) is 10.4 Å². The number of benzene rings is 1. The number of halogens is 1. The van der Waals surface area contributed by atoms with E-state index >= 15 is 0 Å². The summed E-state index contributed by atoms with van der Waals surface area (Å²) in [6, 6.07) is 11.7. The number of carbonyl (C=O) groups is 1. The van der Waals surface area contributed by atoms with E-state index in [-0.39, 0.29) is 0 Å². The van der Waals surface area contributed by atoms with E-state index in [0.29, 0.717) is 23.0 Å². The molecule has 0 saturated heterocycles. The largest absolute Gasteiger partial charge is 0.444 e. The Morgan fingerprint density at radius 3 is 2.83 bits per heavy atom. The van der Waals surface area contributed by atoms with Gasteiger partial charge in [0.05, 0.1) is 12.2 Å². The van der Waals surface area contributed by atoms with Crippen LogP contribution in [0.3, 0.4) is 0 Å². The zero-order valence-electron chi connectivity index (χ0n) is 12.9. The molecule has 0 N–H and O–H groups in total. The van der Waals surface area contributed by atoms with E-state index in [9.17, 15) is 4.79 Å². The van der Waals surface area contributed by atoms with E-state index in [1.165, 1.54) is 13.0 Å². The Balaban J connectivity index is 2.15. The van der Waals surface area contributed by atoms with Crippen LogP contribution in [0.4, 0.5) is 0 Å². The third-order valence-electron chi connectivity index (χ3n) is 3.15. The molecule has 1 heterocycles. The van der Waals surface area contributed by atoms with Crippen LogP contribution in [-0.4, -0.2) is 21.9 Å². The van der Waals surface area contributed by atoms with E-state index in [2.05, 4.69) is 5.10 Å². The highest BCUT2D eigenvalue weighted by Gasteiger charge is 2.12. The zero-order valence-corrected chi connectivity index (χ0v) is 13.6. The predicted molar refractivity (Wildman–Crippen MR) is 87.7 cm³/mol. The Kier molecular flexibility index (Phi) is 5.56. The Labute approximate surface area is 139 Å². The van der Waals surface area contributed by atoms with Gasteiger partial charge in [0.1, 0.15) is 11.2 Å². The highest BCUT2D eigenvalue weighted by molar-refractivity contribution is 6.31. The predicted octanol–water partition coefficient (Wildman–Crippen LogP) is 3.36. The molecule has 0 spiro atoms. The average molecular weight is 330 g/mol. The molecule has 2 rings (SSSR count). The molecule has 1 aromatic carbocycles. The van der Waals surface area contributed by atoms with Gasteiger partial charge in [0.25, 0.3) is 0 Å². The number of aromatic nitrogens is 2. The van der Waals surface area contributed by atoms with Gasteiger partial charge in [-0.1, -0.05) is 41.9 Å². The lowest BCUT2D eigenvalue weighted by Crippen LogP contribution is -2.10. The second kappa shape index (κ2) is 7.61. The van der Waals surface area contributed by atoms with E-state index < -0.39 is 12.1 Å². The first-order chi connectivity index (χ1) is 11.0. The molecule has 118 valence electrons. The molecular weight excluding hydrogens is 314 g/mol. The normalized spacial score (nSPS) is 12.1. The first-order valence-corrected chi connectivity index (χ1v) is 7.44. The summed E-state index contributed by atoms with van der Waals surface area (Å²) in [6.45, 7) is 3.86. The molecule has 2 aromatic rings. The van der Waals surface area contributed by atoms with Crippen LogP contribution in [0.25, 0.3) is 6.08 Å². The average Bonchev–Trinajstić information content (AvgIpc) is 2.80. The van der Waals surface area contributed by atoms with Crippen molar-refractivity contribution >= 4 is 23.6 Å². The topological polar surface area (TPSA) is 67.9 Å². The number of carbonyl (C=O) groups excluding carboxylic acids is 1. The van der Waals surface area contributed by atoms with Gasteiger partial charge in [-0.15, -0.1) is 0 Å². The molecular formula is C17H16ClN3O2. The van der Waals surface area contributed by atoms with Crippen LogP contribution in [0.2, 0.25) is 5.15 Å². The molecule has 0 aliphatic rings. The summed E-state index contributed by atoms with van der Waals surface area (Å²) < 4.78 is 6.52. The monoisotopic (exact) mass is 329 g/mol. The summed E-state index contributed by atoms with van der Waals surface area (Å²) in [7, 11) is 0. The van der Waals surface area contributed by atoms with Gasteiger partial charge < -0.3 is 4.74 Å². The molecule has 0 saturated carbocycles. The molecule has 0 unspecified atom stereocenters. The Morgan fingerprint density at radius 1 is 1.48 bits per heavy atom. The summed E-state index contributed by atoms with van der Waals surface area (Å²) >= 11 is 6.34. The maximum Gasteiger partial charge on any atom is 0.332 e. The molecule has 1 atom stereocenters. The Morgan fingerprint density at radius 2 is 2.17 bits per heavy atom. The Hall–Kier alpha value is -2.58. The Bertz CT molecular complexity index is 760. The summed E-state index contributed by atoms with van der Waals surface area (Å²) in [5.74, 6) is -0.592. The SMILES string of the molecule is Cc1nn(Cc2ccccc2)c(Cl)c1/C=C/C(=O)O[C@@H](C)C#N. The second-order valence-corrected chi connectivity index (χ2v) is 5.33. The summed E-state index contributed by atoms with van der Waals surface area (Å²) in [5, 5.41) is 13.5. The van der Waals surface area contributed by atoms with Crippen LogP contribution in [0.1, 0.15) is 23.7 Å². The standard InChI is InChI=1S/C17H16ClN3O2/c1-12(10-19)23-16(22)9-8-15-13(2)20-21(17(15)18)11-14-6-4-3-5-7-14/h3-9,12H,11H2,1-2H3/b9-8+/t12-/m0/s1. The van der Waals surface area contributed by atoms with Crippen LogP contribution < -0.4 is 0 Å². The van der Waals surface area contributed by atoms with E-state index in [1.807, 2.05) is 43.3 Å². The third kappa shape index (κ3) is 4.44. The smallest absolute Gasteiger partial charge is 0.332 e. The fourth-order valence-corrected chi connectivity index (χ4v) is 2.31. The van der Waals surface area contributed by atoms with Gasteiger partial charge in [0.15, 0.2) is 6.10 Å². The number of aryl methyl sites for hydroxylation is 1. The van der Waals surface area contributed by atoms with E-state index in [1.54, 1.807) is 10.8 Å². The molecule has 5 nitrogen and oxygen atoms in total. The lowest BCUT2D eigenvalue weighted by Gasteiger charge is -2.03. The van der Waals surface area contributed by atoms with Crippen molar-refractivity contribution in [2.24, 2.45) is 0 Å². The summed E-state index contributed by atoms with van der Waals surface area (Å²) in [5.41, 5.74) is 2.45. The fraction of sp³-hybridized carbons (Fsp3) is 0.235. The molecule has 23 heavy (non-hydrogen) atoms. The van der Waals surface area contributed by atoms with Gasteiger partial charge in [0, 0.05) is 11.6 Å². The molecule has 0 fully saturated rings. The third-order valence-corrected chi connectivity index (χ3v) is 3.54. The van der Waals surface area contributed by atoms with Crippen molar-refractivity contribution in [2.45, 2.75) is 26.5 Å². The molecule has 0 aliphatic heterocycles. The van der Waals surface area contributed by atoms with Crippen LogP contribution in [-0.2, 0) is 16.1 Å². The van der Waals surface area contributed by atoms with Gasteiger partial charge in [0.2, 0.25) is 0 Å². The van der Waals surface area contributed by atoms with Crippen LogP contribution >= 0.6 is 11.6 Å². The minimum Gasteiger partial charge on any atom is -0.444 e. The lowest BCUT2D eigenvalue weighted by atomic mass is 10.2. The van der Waals surface area contributed by atoms with Crippen LogP contribution in [0.15, 0.2) is 36.4 Å². The number of nitrogens with zero attached hydrogens (tertiary/aromatic N) is 3.